The lowest BCUT2D eigenvalue weighted by atomic mass is 10.1. The topological polar surface area (TPSA) is 35.5 Å². The van der Waals surface area contributed by atoms with Gasteiger partial charge in [-0.3, -0.25) is 4.79 Å². The predicted molar refractivity (Wildman–Crippen MR) is 85.0 cm³/mol. The molecule has 0 unspecified atom stereocenters. The Labute approximate surface area is 123 Å². The van der Waals surface area contributed by atoms with Crippen molar-refractivity contribution in [2.75, 3.05) is 7.11 Å². The number of ether oxygens (including phenoxy) is 1. The second-order valence-electron chi connectivity index (χ2n) is 6.64. The summed E-state index contributed by atoms with van der Waals surface area (Å²) in [6.07, 6.45) is 0. The lowest BCUT2D eigenvalue weighted by Gasteiger charge is -2.36. The highest BCUT2D eigenvalue weighted by molar-refractivity contribution is 6.74. The van der Waals surface area contributed by atoms with Gasteiger partial charge in [0, 0.05) is 0 Å². The second-order valence-corrected chi connectivity index (χ2v) is 11.4. The maximum absolute atomic E-state index is 11.5. The summed E-state index contributed by atoms with van der Waals surface area (Å²) in [5.74, 6) is 0.632. The molecule has 0 spiro atoms. The van der Waals surface area contributed by atoms with E-state index >= 15 is 0 Å². The molecule has 0 amide bonds. The van der Waals surface area contributed by atoms with E-state index in [0.29, 0.717) is 17.9 Å². The molecule has 1 rings (SSSR count). The molecule has 20 heavy (non-hydrogen) atoms. The van der Waals surface area contributed by atoms with Crippen molar-refractivity contribution >= 4 is 14.1 Å². The molecule has 0 aliphatic carbocycles. The Hall–Kier alpha value is -1.13. The van der Waals surface area contributed by atoms with Gasteiger partial charge >= 0.3 is 0 Å². The Morgan fingerprint density at radius 1 is 1.25 bits per heavy atom. The molecule has 0 N–H and O–H groups in total. The molecule has 3 nitrogen and oxygen atoms in total. The normalized spacial score (nSPS) is 12.3. The fourth-order valence-electron chi connectivity index (χ4n) is 1.60. The van der Waals surface area contributed by atoms with Gasteiger partial charge in [0.05, 0.1) is 19.3 Å². The van der Waals surface area contributed by atoms with Crippen LogP contribution >= 0.6 is 0 Å². The molecule has 112 valence electrons. The van der Waals surface area contributed by atoms with Crippen LogP contribution in [0.25, 0.3) is 0 Å². The zero-order valence-electron chi connectivity index (χ0n) is 13.7. The Morgan fingerprint density at radius 3 is 2.30 bits per heavy atom. The van der Waals surface area contributed by atoms with Crippen LogP contribution < -0.4 is 4.74 Å². The minimum atomic E-state index is -1.76. The van der Waals surface area contributed by atoms with Crippen molar-refractivity contribution in [2.24, 2.45) is 0 Å². The molecule has 0 radical (unpaired) electrons. The summed E-state index contributed by atoms with van der Waals surface area (Å²) in [6.45, 7) is 13.2. The molecule has 1 aromatic carbocycles. The molecule has 0 aromatic heterocycles. The fraction of sp³-hybridized carbons (Fsp3) is 0.562. The summed E-state index contributed by atoms with van der Waals surface area (Å²) < 4.78 is 11.5. The molecule has 0 saturated heterocycles. The van der Waals surface area contributed by atoms with Crippen LogP contribution in [-0.4, -0.2) is 21.2 Å². The number of rotatable bonds is 5. The van der Waals surface area contributed by atoms with Gasteiger partial charge in [0.15, 0.2) is 14.1 Å². The smallest absolute Gasteiger partial charge is 0.192 e. The zero-order chi connectivity index (χ0) is 15.6. The van der Waals surface area contributed by atoms with Gasteiger partial charge in [-0.05, 0) is 42.8 Å². The standard InChI is InChI=1S/C16H26O3Si/c1-12(17)14-9-8-13(10-15(14)18-5)11-19-20(6,7)16(2,3)4/h8-10H,11H2,1-7H3. The Kier molecular flexibility index (Phi) is 5.16. The number of benzene rings is 1. The maximum atomic E-state index is 11.5. The van der Waals surface area contributed by atoms with E-state index in [9.17, 15) is 4.79 Å². The molecule has 0 heterocycles. The number of carbonyl (C=O) groups excluding carboxylic acids is 1. The van der Waals surface area contributed by atoms with Gasteiger partial charge in [0.25, 0.3) is 0 Å². The lowest BCUT2D eigenvalue weighted by Crippen LogP contribution is -2.40. The fourth-order valence-corrected chi connectivity index (χ4v) is 2.56. The molecule has 0 aliphatic rings. The zero-order valence-corrected chi connectivity index (χ0v) is 14.7. The highest BCUT2D eigenvalue weighted by atomic mass is 28.4. The summed E-state index contributed by atoms with van der Waals surface area (Å²) >= 11 is 0. The third-order valence-electron chi connectivity index (χ3n) is 4.05. The molecule has 0 fully saturated rings. The van der Waals surface area contributed by atoms with Gasteiger partial charge in [-0.25, -0.2) is 0 Å². The van der Waals surface area contributed by atoms with E-state index < -0.39 is 8.32 Å². The van der Waals surface area contributed by atoms with Gasteiger partial charge in [-0.1, -0.05) is 26.8 Å². The first-order chi connectivity index (χ1) is 9.08. The van der Waals surface area contributed by atoms with E-state index in [1.807, 2.05) is 18.2 Å². The van der Waals surface area contributed by atoms with E-state index in [2.05, 4.69) is 33.9 Å². The highest BCUT2D eigenvalue weighted by Gasteiger charge is 2.37. The molecule has 1 aromatic rings. The van der Waals surface area contributed by atoms with Crippen molar-refractivity contribution in [3.63, 3.8) is 0 Å². The maximum Gasteiger partial charge on any atom is 0.192 e. The van der Waals surface area contributed by atoms with Crippen molar-refractivity contribution in [3.05, 3.63) is 29.3 Å². The van der Waals surface area contributed by atoms with Gasteiger partial charge in [-0.15, -0.1) is 0 Å². The molecule has 0 bridgehead atoms. The number of carbonyl (C=O) groups is 1. The summed E-state index contributed by atoms with van der Waals surface area (Å²) in [5.41, 5.74) is 1.65. The minimum Gasteiger partial charge on any atom is -0.496 e. The number of hydrogen-bond donors (Lipinski definition) is 0. The summed E-state index contributed by atoms with van der Waals surface area (Å²) in [5, 5.41) is 0.191. The number of hydrogen-bond acceptors (Lipinski definition) is 3. The average Bonchev–Trinajstić information content (AvgIpc) is 2.34. The summed E-state index contributed by atoms with van der Waals surface area (Å²) in [7, 11) is -0.175. The van der Waals surface area contributed by atoms with Crippen LogP contribution in [0.1, 0.15) is 43.6 Å². The molecule has 0 atom stereocenters. The van der Waals surface area contributed by atoms with Crippen LogP contribution in [0, 0.1) is 0 Å². The van der Waals surface area contributed by atoms with Crippen molar-refractivity contribution in [3.8, 4) is 5.75 Å². The summed E-state index contributed by atoms with van der Waals surface area (Å²) in [4.78, 5) is 11.5. The van der Waals surface area contributed by atoms with E-state index in [0.717, 1.165) is 5.56 Å². The quantitative estimate of drug-likeness (QED) is 0.595. The van der Waals surface area contributed by atoms with Gasteiger partial charge in [0.2, 0.25) is 0 Å². The van der Waals surface area contributed by atoms with Crippen LogP contribution in [0.3, 0.4) is 0 Å². The third-order valence-corrected chi connectivity index (χ3v) is 8.53. The average molecular weight is 294 g/mol. The van der Waals surface area contributed by atoms with E-state index in [1.54, 1.807) is 14.0 Å². The summed E-state index contributed by atoms with van der Waals surface area (Å²) in [6, 6.07) is 5.64. The molecule has 0 saturated carbocycles. The van der Waals surface area contributed by atoms with Crippen LogP contribution in [0.4, 0.5) is 0 Å². The van der Waals surface area contributed by atoms with Crippen molar-refractivity contribution in [2.45, 2.75) is 52.4 Å². The van der Waals surface area contributed by atoms with Crippen molar-refractivity contribution < 1.29 is 14.0 Å². The molecular weight excluding hydrogens is 268 g/mol. The first kappa shape index (κ1) is 16.9. The minimum absolute atomic E-state index is 0.0127. The highest BCUT2D eigenvalue weighted by Crippen LogP contribution is 2.37. The van der Waals surface area contributed by atoms with Crippen LogP contribution in [0.5, 0.6) is 5.75 Å². The Balaban J connectivity index is 2.88. The lowest BCUT2D eigenvalue weighted by molar-refractivity contribution is 0.101. The molecular formula is C16H26O3Si. The van der Waals surface area contributed by atoms with Crippen LogP contribution in [0.15, 0.2) is 18.2 Å². The number of Topliss-reactive ketones (excluding diaryl/α,β-unsaturated/α-hetero) is 1. The van der Waals surface area contributed by atoms with Crippen molar-refractivity contribution in [1.29, 1.82) is 0 Å². The Morgan fingerprint density at radius 2 is 1.85 bits per heavy atom. The van der Waals surface area contributed by atoms with Crippen LogP contribution in [-0.2, 0) is 11.0 Å². The van der Waals surface area contributed by atoms with Gasteiger partial charge < -0.3 is 9.16 Å². The first-order valence-corrected chi connectivity index (χ1v) is 9.81. The van der Waals surface area contributed by atoms with E-state index in [-0.39, 0.29) is 10.8 Å². The van der Waals surface area contributed by atoms with Gasteiger partial charge in [-0.2, -0.15) is 0 Å². The Bertz CT molecular complexity index is 487. The number of methoxy groups -OCH3 is 1. The van der Waals surface area contributed by atoms with Gasteiger partial charge in [0.1, 0.15) is 5.75 Å². The first-order valence-electron chi connectivity index (χ1n) is 6.90. The predicted octanol–water partition coefficient (Wildman–Crippen LogP) is 4.42. The van der Waals surface area contributed by atoms with E-state index in [4.69, 9.17) is 9.16 Å². The number of ketones is 1. The van der Waals surface area contributed by atoms with Crippen molar-refractivity contribution in [1.82, 2.24) is 0 Å². The molecule has 4 heteroatoms. The van der Waals surface area contributed by atoms with Crippen LogP contribution in [0.2, 0.25) is 18.1 Å². The third kappa shape index (κ3) is 3.93. The SMILES string of the molecule is COc1cc(CO[Si](C)(C)C(C)(C)C)ccc1C(C)=O. The van der Waals surface area contributed by atoms with E-state index in [1.165, 1.54) is 0 Å². The largest absolute Gasteiger partial charge is 0.496 e. The molecule has 0 aliphatic heterocycles. The second kappa shape index (κ2) is 6.10. The monoisotopic (exact) mass is 294 g/mol.